The van der Waals surface area contributed by atoms with Crippen LogP contribution in [-0.2, 0) is 27.0 Å². The number of anilines is 1. The van der Waals surface area contributed by atoms with Crippen molar-refractivity contribution < 1.29 is 14.3 Å². The van der Waals surface area contributed by atoms with E-state index in [4.69, 9.17) is 17.0 Å². The first kappa shape index (κ1) is 25.5. The molecular formula is C28H32N2O3S2. The maximum absolute atomic E-state index is 13.3. The average Bonchev–Trinajstić information content (AvgIpc) is 3.07. The summed E-state index contributed by atoms with van der Waals surface area (Å²) in [4.78, 5) is 27.8. The van der Waals surface area contributed by atoms with Gasteiger partial charge in [-0.25, -0.2) is 0 Å². The lowest BCUT2D eigenvalue weighted by atomic mass is 9.79. The van der Waals surface area contributed by atoms with Crippen LogP contribution in [0.25, 0.3) is 6.08 Å². The maximum Gasteiger partial charge on any atom is 0.268 e. The first-order valence-corrected chi connectivity index (χ1v) is 13.0. The van der Waals surface area contributed by atoms with Crippen LogP contribution in [0.5, 0.6) is 5.75 Å². The number of nitrogens with one attached hydrogen (secondary N) is 1. The average molecular weight is 509 g/mol. The number of nitrogens with zero attached hydrogens (tertiary/aromatic N) is 1. The molecule has 2 aromatic rings. The van der Waals surface area contributed by atoms with Gasteiger partial charge in [-0.05, 0) is 58.2 Å². The summed E-state index contributed by atoms with van der Waals surface area (Å²) in [5.74, 6) is 0.362. The lowest BCUT2D eigenvalue weighted by Crippen LogP contribution is -2.44. The fraction of sp³-hybridized carbons (Fsp3) is 0.393. The zero-order valence-electron chi connectivity index (χ0n) is 21.3. The van der Waals surface area contributed by atoms with Gasteiger partial charge in [-0.2, -0.15) is 0 Å². The molecule has 0 saturated carbocycles. The van der Waals surface area contributed by atoms with Crippen molar-refractivity contribution in [3.8, 4) is 5.75 Å². The number of thiocarbonyl (C=S) groups is 1. The summed E-state index contributed by atoms with van der Waals surface area (Å²) in [6.45, 7) is 15.5. The minimum atomic E-state index is -0.576. The summed E-state index contributed by atoms with van der Waals surface area (Å²) in [5.41, 5.74) is 5.04. The van der Waals surface area contributed by atoms with Gasteiger partial charge in [0.2, 0.25) is 0 Å². The lowest BCUT2D eigenvalue weighted by molar-refractivity contribution is -0.125. The summed E-state index contributed by atoms with van der Waals surface area (Å²) >= 11 is 6.34. The van der Waals surface area contributed by atoms with E-state index >= 15 is 0 Å². The van der Waals surface area contributed by atoms with Crippen LogP contribution in [-0.4, -0.2) is 22.2 Å². The third-order valence-corrected chi connectivity index (χ3v) is 7.36. The minimum Gasteiger partial charge on any atom is -0.479 e. The fourth-order valence-corrected chi connectivity index (χ4v) is 5.13. The highest BCUT2D eigenvalue weighted by Crippen LogP contribution is 2.38. The Morgan fingerprint density at radius 1 is 1.03 bits per heavy atom. The second-order valence-electron chi connectivity index (χ2n) is 11.2. The summed E-state index contributed by atoms with van der Waals surface area (Å²) in [7, 11) is 0. The molecule has 1 unspecified atom stereocenters. The SMILES string of the molecule is CC1Oc2ccc(C=C3SC(=S)NC3=O)cc2N(Cc2cc(C(C)(C)C)cc(C(C)(C)C)c2)C1=O. The van der Waals surface area contributed by atoms with E-state index in [-0.39, 0.29) is 22.6 Å². The first-order chi connectivity index (χ1) is 16.2. The lowest BCUT2D eigenvalue weighted by Gasteiger charge is -2.34. The van der Waals surface area contributed by atoms with Gasteiger partial charge < -0.3 is 15.0 Å². The molecule has 1 saturated heterocycles. The van der Waals surface area contributed by atoms with Gasteiger partial charge >= 0.3 is 0 Å². The third-order valence-electron chi connectivity index (χ3n) is 6.20. The van der Waals surface area contributed by atoms with Gasteiger partial charge in [-0.3, -0.25) is 9.59 Å². The molecule has 5 nitrogen and oxygen atoms in total. The standard InChI is InChI=1S/C28H32N2O3S2/c1-16-25(32)30(15-18-10-19(27(2,3)4)14-20(11-18)28(5,6)7)21-12-17(8-9-22(21)33-16)13-23-24(31)29-26(34)35-23/h8-14,16H,15H2,1-7H3,(H,29,31,34). The molecule has 2 heterocycles. The molecule has 0 aromatic heterocycles. The number of rotatable bonds is 3. The van der Waals surface area contributed by atoms with Crippen molar-refractivity contribution >= 4 is 51.9 Å². The Kier molecular flexibility index (Phi) is 6.62. The van der Waals surface area contributed by atoms with Crippen LogP contribution in [0.4, 0.5) is 5.69 Å². The van der Waals surface area contributed by atoms with Gasteiger partial charge in [0, 0.05) is 0 Å². The molecule has 184 valence electrons. The molecular weight excluding hydrogens is 476 g/mol. The normalized spacial score (nSPS) is 19.6. The molecule has 0 spiro atoms. The van der Waals surface area contributed by atoms with Crippen molar-refractivity contribution in [1.29, 1.82) is 0 Å². The van der Waals surface area contributed by atoms with E-state index < -0.39 is 6.10 Å². The summed E-state index contributed by atoms with van der Waals surface area (Å²) in [6, 6.07) is 12.3. The number of amides is 2. The van der Waals surface area contributed by atoms with Crippen LogP contribution >= 0.6 is 24.0 Å². The molecule has 2 aromatic carbocycles. The van der Waals surface area contributed by atoms with E-state index in [9.17, 15) is 9.59 Å². The zero-order valence-corrected chi connectivity index (χ0v) is 22.9. The Morgan fingerprint density at radius 3 is 2.20 bits per heavy atom. The Hall–Kier alpha value is -2.64. The van der Waals surface area contributed by atoms with Gasteiger partial charge in [0.05, 0.1) is 17.1 Å². The van der Waals surface area contributed by atoms with Crippen LogP contribution < -0.4 is 15.0 Å². The minimum absolute atomic E-state index is 0.0182. The smallest absolute Gasteiger partial charge is 0.268 e. The molecule has 0 bridgehead atoms. The molecule has 1 N–H and O–H groups in total. The molecule has 0 aliphatic carbocycles. The molecule has 7 heteroatoms. The number of thioether (sulfide) groups is 1. The Balaban J connectivity index is 1.76. The highest BCUT2D eigenvalue weighted by molar-refractivity contribution is 8.26. The molecule has 2 aliphatic heterocycles. The number of fused-ring (bicyclic) bond motifs is 1. The predicted octanol–water partition coefficient (Wildman–Crippen LogP) is 6.08. The quantitative estimate of drug-likeness (QED) is 0.402. The number of carbonyl (C=O) groups excluding carboxylic acids is 2. The van der Waals surface area contributed by atoms with Gasteiger partial charge in [0.25, 0.3) is 11.8 Å². The number of carbonyl (C=O) groups is 2. The van der Waals surface area contributed by atoms with E-state index in [1.807, 2.05) is 18.2 Å². The maximum atomic E-state index is 13.3. The third kappa shape index (κ3) is 5.46. The van der Waals surface area contributed by atoms with E-state index in [2.05, 4.69) is 65.1 Å². The van der Waals surface area contributed by atoms with Crippen molar-refractivity contribution in [2.45, 2.75) is 71.9 Å². The summed E-state index contributed by atoms with van der Waals surface area (Å²) in [6.07, 6.45) is 1.21. The van der Waals surface area contributed by atoms with Crippen LogP contribution in [0.2, 0.25) is 0 Å². The molecule has 4 rings (SSSR count). The first-order valence-electron chi connectivity index (χ1n) is 11.7. The fourth-order valence-electron chi connectivity index (χ4n) is 4.08. The monoisotopic (exact) mass is 508 g/mol. The second-order valence-corrected chi connectivity index (χ2v) is 12.9. The van der Waals surface area contributed by atoms with Crippen molar-refractivity contribution in [1.82, 2.24) is 5.32 Å². The molecule has 35 heavy (non-hydrogen) atoms. The topological polar surface area (TPSA) is 58.6 Å². The van der Waals surface area contributed by atoms with Crippen LogP contribution in [0.3, 0.4) is 0 Å². The van der Waals surface area contributed by atoms with Gasteiger partial charge in [0.15, 0.2) is 6.10 Å². The van der Waals surface area contributed by atoms with Crippen molar-refractivity contribution in [2.24, 2.45) is 0 Å². The van der Waals surface area contributed by atoms with E-state index in [0.29, 0.717) is 27.2 Å². The second kappa shape index (κ2) is 9.10. The summed E-state index contributed by atoms with van der Waals surface area (Å²) < 4.78 is 6.36. The zero-order chi connectivity index (χ0) is 25.7. The van der Waals surface area contributed by atoms with E-state index in [0.717, 1.165) is 11.1 Å². The van der Waals surface area contributed by atoms with Gasteiger partial charge in [-0.15, -0.1) is 0 Å². The predicted molar refractivity (Wildman–Crippen MR) is 148 cm³/mol. The highest BCUT2D eigenvalue weighted by atomic mass is 32.2. The Bertz CT molecular complexity index is 1220. The Labute approximate surface area is 217 Å². The largest absolute Gasteiger partial charge is 0.479 e. The number of ether oxygens (including phenoxy) is 1. The number of benzene rings is 2. The molecule has 1 atom stereocenters. The molecule has 0 radical (unpaired) electrons. The van der Waals surface area contributed by atoms with Gasteiger partial charge in [0.1, 0.15) is 10.1 Å². The van der Waals surface area contributed by atoms with Crippen LogP contribution in [0.1, 0.15) is 70.7 Å². The Morgan fingerprint density at radius 2 is 1.66 bits per heavy atom. The molecule has 1 fully saturated rings. The summed E-state index contributed by atoms with van der Waals surface area (Å²) in [5, 5.41) is 2.64. The van der Waals surface area contributed by atoms with E-state index in [1.165, 1.54) is 22.9 Å². The van der Waals surface area contributed by atoms with Crippen molar-refractivity contribution in [3.05, 3.63) is 63.6 Å². The number of hydrogen-bond donors (Lipinski definition) is 1. The molecule has 2 aliphatic rings. The van der Waals surface area contributed by atoms with Crippen LogP contribution in [0, 0.1) is 0 Å². The van der Waals surface area contributed by atoms with Crippen LogP contribution in [0.15, 0.2) is 41.3 Å². The van der Waals surface area contributed by atoms with Crippen molar-refractivity contribution in [2.75, 3.05) is 4.90 Å². The number of hydrogen-bond acceptors (Lipinski definition) is 5. The van der Waals surface area contributed by atoms with E-state index in [1.54, 1.807) is 17.9 Å². The van der Waals surface area contributed by atoms with Gasteiger partial charge in [-0.1, -0.05) is 89.8 Å². The van der Waals surface area contributed by atoms with Crippen molar-refractivity contribution in [3.63, 3.8) is 0 Å². The highest BCUT2D eigenvalue weighted by Gasteiger charge is 2.32. The molecule has 2 amide bonds.